The van der Waals surface area contributed by atoms with Crippen LogP contribution in [-0.4, -0.2) is 67.6 Å². The SMILES string of the molecule is CC(=O)OCc1c(-c2cc(Nc3ccc(N4C5CCC4CN(C)C5)cn3)c(=O)n(C)n2)cccc1-n1ncc2cc(C(C)(C)C)cc(F)c2c1=O. The zero-order valence-electron chi connectivity index (χ0n) is 29.6. The maximum Gasteiger partial charge on any atom is 0.302 e. The van der Waals surface area contributed by atoms with Crippen molar-refractivity contribution < 1.29 is 13.9 Å². The van der Waals surface area contributed by atoms with Crippen LogP contribution >= 0.6 is 0 Å². The van der Waals surface area contributed by atoms with Crippen LogP contribution in [0.1, 0.15) is 51.7 Å². The number of likely N-dealkylation sites (tertiary alicyclic amines) is 1. The highest BCUT2D eigenvalue weighted by atomic mass is 19.1. The second-order valence-electron chi connectivity index (χ2n) is 14.5. The van der Waals surface area contributed by atoms with Gasteiger partial charge < -0.3 is 19.9 Å². The second kappa shape index (κ2) is 13.0. The van der Waals surface area contributed by atoms with Crippen molar-refractivity contribution in [1.82, 2.24) is 29.4 Å². The molecule has 12 nitrogen and oxygen atoms in total. The number of nitrogens with zero attached hydrogens (tertiary/aromatic N) is 7. The number of ether oxygens (including phenoxy) is 1. The number of piperazine rings is 1. The molecule has 3 aromatic heterocycles. The third-order valence-electron chi connectivity index (χ3n) is 9.82. The topological polar surface area (TPSA) is 127 Å². The molecule has 13 heteroatoms. The number of aryl methyl sites for hydroxylation is 1. The van der Waals surface area contributed by atoms with Crippen LogP contribution < -0.4 is 21.3 Å². The molecule has 0 radical (unpaired) electrons. The largest absolute Gasteiger partial charge is 0.461 e. The predicted molar refractivity (Wildman–Crippen MR) is 194 cm³/mol. The van der Waals surface area contributed by atoms with E-state index in [4.69, 9.17) is 4.74 Å². The molecule has 2 aliphatic rings. The molecule has 2 fully saturated rings. The Bertz CT molecular complexity index is 2260. The number of pyridine rings is 1. The summed E-state index contributed by atoms with van der Waals surface area (Å²) in [6, 6.07) is 14.7. The van der Waals surface area contributed by atoms with Crippen LogP contribution in [0.25, 0.3) is 27.7 Å². The van der Waals surface area contributed by atoms with E-state index in [0.717, 1.165) is 41.9 Å². The Labute approximate surface area is 294 Å². The lowest BCUT2D eigenvalue weighted by molar-refractivity contribution is -0.142. The summed E-state index contributed by atoms with van der Waals surface area (Å²) in [5, 5.41) is 12.4. The number of halogens is 1. The van der Waals surface area contributed by atoms with Crippen molar-refractivity contribution in [3.63, 3.8) is 0 Å². The summed E-state index contributed by atoms with van der Waals surface area (Å²) in [6.45, 7) is 8.99. The lowest BCUT2D eigenvalue weighted by Gasteiger charge is -2.41. The highest BCUT2D eigenvalue weighted by Gasteiger charge is 2.38. The molecule has 2 unspecified atom stereocenters. The fraction of sp³-hybridized carbons (Fsp3) is 0.368. The van der Waals surface area contributed by atoms with Crippen molar-refractivity contribution in [2.45, 2.75) is 64.6 Å². The summed E-state index contributed by atoms with van der Waals surface area (Å²) >= 11 is 0. The molecular weight excluding hydrogens is 651 g/mol. The Hall–Kier alpha value is -5.43. The van der Waals surface area contributed by atoms with Gasteiger partial charge >= 0.3 is 5.97 Å². The highest BCUT2D eigenvalue weighted by molar-refractivity contribution is 5.83. The quantitative estimate of drug-likeness (QED) is 0.231. The maximum absolute atomic E-state index is 15.5. The van der Waals surface area contributed by atoms with E-state index in [1.165, 1.54) is 30.9 Å². The lowest BCUT2D eigenvalue weighted by Crippen LogP contribution is -2.52. The van der Waals surface area contributed by atoms with Crippen molar-refractivity contribution in [3.05, 3.63) is 98.6 Å². The van der Waals surface area contributed by atoms with Crippen molar-refractivity contribution in [2.75, 3.05) is 30.4 Å². The number of aromatic nitrogens is 5. The van der Waals surface area contributed by atoms with Gasteiger partial charge in [0.15, 0.2) is 0 Å². The summed E-state index contributed by atoms with van der Waals surface area (Å²) in [5.74, 6) is -0.693. The predicted octanol–water partition coefficient (Wildman–Crippen LogP) is 5.07. The zero-order chi connectivity index (χ0) is 36.2. The summed E-state index contributed by atoms with van der Waals surface area (Å²) in [5.41, 5.74) is 2.17. The van der Waals surface area contributed by atoms with E-state index in [1.807, 2.05) is 39.1 Å². The summed E-state index contributed by atoms with van der Waals surface area (Å²) in [6.07, 6.45) is 5.61. The van der Waals surface area contributed by atoms with Gasteiger partial charge in [0.1, 0.15) is 23.9 Å². The van der Waals surface area contributed by atoms with E-state index in [1.54, 1.807) is 30.3 Å². The van der Waals surface area contributed by atoms with Gasteiger partial charge in [-0.1, -0.05) is 32.9 Å². The van der Waals surface area contributed by atoms with Gasteiger partial charge in [-0.05, 0) is 67.3 Å². The summed E-state index contributed by atoms with van der Waals surface area (Å²) < 4.78 is 23.3. The average molecular weight is 693 g/mol. The van der Waals surface area contributed by atoms with Gasteiger partial charge in [0.05, 0.1) is 34.8 Å². The van der Waals surface area contributed by atoms with Crippen molar-refractivity contribution in [3.8, 4) is 16.9 Å². The first-order valence-corrected chi connectivity index (χ1v) is 17.0. The Kier molecular flexibility index (Phi) is 8.70. The van der Waals surface area contributed by atoms with Gasteiger partial charge in [-0.15, -0.1) is 0 Å². The number of benzene rings is 2. The minimum absolute atomic E-state index is 0.104. The number of rotatable bonds is 7. The molecular formula is C38H41FN8O4. The van der Waals surface area contributed by atoms with Crippen LogP contribution in [0, 0.1) is 5.82 Å². The first-order valence-electron chi connectivity index (χ1n) is 17.0. The zero-order valence-corrected chi connectivity index (χ0v) is 29.6. The number of hydrogen-bond acceptors (Lipinski definition) is 10. The molecule has 2 saturated heterocycles. The molecule has 2 bridgehead atoms. The van der Waals surface area contributed by atoms with E-state index < -0.39 is 17.3 Å². The van der Waals surface area contributed by atoms with Crippen LogP contribution in [-0.2, 0) is 28.6 Å². The first-order chi connectivity index (χ1) is 24.3. The summed E-state index contributed by atoms with van der Waals surface area (Å²) in [4.78, 5) is 48.7. The number of anilines is 3. The Morgan fingerprint density at radius 1 is 1.00 bits per heavy atom. The molecule has 0 amide bonds. The average Bonchev–Trinajstić information content (AvgIpc) is 3.35. The number of nitrogens with one attached hydrogen (secondary N) is 1. The lowest BCUT2D eigenvalue weighted by atomic mass is 9.86. The van der Waals surface area contributed by atoms with Gasteiger partial charge in [-0.25, -0.2) is 14.1 Å². The van der Waals surface area contributed by atoms with Crippen molar-refractivity contribution in [2.24, 2.45) is 7.05 Å². The van der Waals surface area contributed by atoms with Gasteiger partial charge in [0.2, 0.25) is 0 Å². The van der Waals surface area contributed by atoms with Crippen molar-refractivity contribution in [1.29, 1.82) is 0 Å². The number of carbonyl (C=O) groups is 1. The Balaban J connectivity index is 1.27. The fourth-order valence-electron chi connectivity index (χ4n) is 7.29. The molecule has 0 saturated carbocycles. The summed E-state index contributed by atoms with van der Waals surface area (Å²) in [7, 11) is 3.70. The molecule has 5 heterocycles. The molecule has 0 aliphatic carbocycles. The molecule has 264 valence electrons. The maximum atomic E-state index is 15.5. The molecule has 5 aromatic rings. The molecule has 2 aliphatic heterocycles. The number of esters is 1. The third-order valence-corrected chi connectivity index (χ3v) is 9.82. The highest BCUT2D eigenvalue weighted by Crippen LogP contribution is 2.35. The third kappa shape index (κ3) is 6.49. The monoisotopic (exact) mass is 692 g/mol. The minimum Gasteiger partial charge on any atom is -0.461 e. The van der Waals surface area contributed by atoms with Crippen LogP contribution in [0.15, 0.2) is 70.5 Å². The van der Waals surface area contributed by atoms with Gasteiger partial charge in [0.25, 0.3) is 11.1 Å². The van der Waals surface area contributed by atoms with Crippen LogP contribution in [0.2, 0.25) is 0 Å². The van der Waals surface area contributed by atoms with Crippen molar-refractivity contribution >= 4 is 33.9 Å². The minimum atomic E-state index is -0.665. The normalized spacial score (nSPS) is 17.6. The molecule has 2 atom stereocenters. The van der Waals surface area contributed by atoms with Gasteiger partial charge in [0, 0.05) is 55.7 Å². The fourth-order valence-corrected chi connectivity index (χ4v) is 7.29. The van der Waals surface area contributed by atoms with Crippen LogP contribution in [0.5, 0.6) is 0 Å². The van der Waals surface area contributed by atoms with Gasteiger partial charge in [-0.2, -0.15) is 14.9 Å². The van der Waals surface area contributed by atoms with Crippen LogP contribution in [0.4, 0.5) is 21.6 Å². The molecule has 51 heavy (non-hydrogen) atoms. The number of likely N-dealkylation sites (N-methyl/N-ethyl adjacent to an activating group) is 1. The van der Waals surface area contributed by atoms with E-state index >= 15 is 4.39 Å². The standard InChI is InChI=1S/C38H41FN8O4/c1-22(48)51-21-29-28(8-7-9-33(29)47-37(50)35-23(17-41-47)14-24(15-30(35)39)38(2,3)4)31-16-32(36(49)45(6)43-31)42-34-13-12-25(18-40-34)46-26-10-11-27(46)20-44(5)19-26/h7-9,12-18,26-27H,10-11,19-21H2,1-6H3,(H,40,42). The molecule has 1 N–H and O–H groups in total. The molecule has 2 aromatic carbocycles. The van der Waals surface area contributed by atoms with Crippen LogP contribution in [0.3, 0.4) is 0 Å². The van der Waals surface area contributed by atoms with Gasteiger partial charge in [-0.3, -0.25) is 14.4 Å². The van der Waals surface area contributed by atoms with E-state index in [0.29, 0.717) is 40.1 Å². The second-order valence-corrected chi connectivity index (χ2v) is 14.5. The van der Waals surface area contributed by atoms with E-state index in [9.17, 15) is 14.4 Å². The van der Waals surface area contributed by atoms with E-state index in [-0.39, 0.29) is 34.3 Å². The van der Waals surface area contributed by atoms with E-state index in [2.05, 4.69) is 37.3 Å². The number of hydrogen-bond donors (Lipinski definition) is 1. The Morgan fingerprint density at radius 2 is 1.75 bits per heavy atom. The number of carbonyl (C=O) groups excluding carboxylic acids is 1. The molecule has 0 spiro atoms. The first kappa shape index (κ1) is 34.0. The number of fused-ring (bicyclic) bond motifs is 3. The Morgan fingerprint density at radius 3 is 2.41 bits per heavy atom. The smallest absolute Gasteiger partial charge is 0.302 e. The molecule has 7 rings (SSSR count).